The molecule has 4 rings (SSSR count). The van der Waals surface area contributed by atoms with E-state index in [9.17, 15) is 0 Å². The van der Waals surface area contributed by atoms with Crippen molar-refractivity contribution in [2.45, 2.75) is 95.8 Å². The summed E-state index contributed by atoms with van der Waals surface area (Å²) in [5.74, 6) is 2.81. The van der Waals surface area contributed by atoms with Crippen LogP contribution in [0, 0.1) is 6.92 Å². The van der Waals surface area contributed by atoms with Crippen molar-refractivity contribution in [3.8, 4) is 0 Å². The first-order chi connectivity index (χ1) is 13.7. The van der Waals surface area contributed by atoms with E-state index in [1.54, 1.807) is 0 Å². The summed E-state index contributed by atoms with van der Waals surface area (Å²) in [4.78, 5) is 7.60. The van der Waals surface area contributed by atoms with Crippen molar-refractivity contribution in [3.05, 3.63) is 11.6 Å². The molecule has 1 aliphatic heterocycles. The van der Waals surface area contributed by atoms with E-state index < -0.39 is 0 Å². The van der Waals surface area contributed by atoms with Crippen LogP contribution >= 0.6 is 0 Å². The fourth-order valence-electron chi connectivity index (χ4n) is 5.01. The van der Waals surface area contributed by atoms with E-state index >= 15 is 0 Å². The van der Waals surface area contributed by atoms with Crippen molar-refractivity contribution in [1.82, 2.24) is 30.3 Å². The Balaban J connectivity index is 1.38. The molecule has 2 aliphatic carbocycles. The van der Waals surface area contributed by atoms with Gasteiger partial charge in [0.05, 0.1) is 0 Å². The summed E-state index contributed by atoms with van der Waals surface area (Å²) in [6, 6.07) is 1.87. The van der Waals surface area contributed by atoms with Crippen LogP contribution in [0.4, 0.5) is 0 Å². The van der Waals surface area contributed by atoms with Crippen molar-refractivity contribution < 1.29 is 0 Å². The standard InChI is InChI=1S/C21H37N7/c1-16-25-26-20(27(16)2)14-22-21(23-17-8-4-3-5-9-17)24-18-12-13-28(15-18)19-10-6-7-11-19/h17-19H,3-15H2,1-2H3,(H2,22,23,24). The summed E-state index contributed by atoms with van der Waals surface area (Å²) in [7, 11) is 2.01. The highest BCUT2D eigenvalue weighted by Gasteiger charge is 2.30. The van der Waals surface area contributed by atoms with E-state index in [4.69, 9.17) is 4.99 Å². The molecular weight excluding hydrogens is 350 g/mol. The van der Waals surface area contributed by atoms with E-state index in [2.05, 4.69) is 25.7 Å². The van der Waals surface area contributed by atoms with Gasteiger partial charge in [-0.3, -0.25) is 4.90 Å². The van der Waals surface area contributed by atoms with Crippen molar-refractivity contribution in [2.24, 2.45) is 12.0 Å². The third-order valence-corrected chi connectivity index (χ3v) is 6.91. The molecule has 0 bridgehead atoms. The molecule has 7 heteroatoms. The number of aromatic nitrogens is 3. The van der Waals surface area contributed by atoms with Gasteiger partial charge in [-0.25, -0.2) is 4.99 Å². The Morgan fingerprint density at radius 2 is 1.68 bits per heavy atom. The smallest absolute Gasteiger partial charge is 0.192 e. The Bertz CT molecular complexity index is 656. The molecule has 0 amide bonds. The fraction of sp³-hybridized carbons (Fsp3) is 0.857. The third kappa shape index (κ3) is 4.85. The minimum Gasteiger partial charge on any atom is -0.354 e. The van der Waals surface area contributed by atoms with Crippen LogP contribution in [-0.2, 0) is 13.6 Å². The van der Waals surface area contributed by atoms with Gasteiger partial charge in [-0.15, -0.1) is 10.2 Å². The molecule has 156 valence electrons. The van der Waals surface area contributed by atoms with Gasteiger partial charge in [0.1, 0.15) is 12.4 Å². The molecular formula is C21H37N7. The molecule has 1 aromatic heterocycles. The van der Waals surface area contributed by atoms with Gasteiger partial charge in [-0.2, -0.15) is 0 Å². The van der Waals surface area contributed by atoms with Crippen LogP contribution in [0.15, 0.2) is 4.99 Å². The summed E-state index contributed by atoms with van der Waals surface area (Å²) >= 11 is 0. The fourth-order valence-corrected chi connectivity index (χ4v) is 5.01. The first-order valence-corrected chi connectivity index (χ1v) is 11.4. The van der Waals surface area contributed by atoms with E-state index in [0.717, 1.165) is 30.2 Å². The highest BCUT2D eigenvalue weighted by molar-refractivity contribution is 5.80. The summed E-state index contributed by atoms with van der Waals surface area (Å²) in [5.41, 5.74) is 0. The normalized spacial score (nSPS) is 25.5. The monoisotopic (exact) mass is 387 g/mol. The zero-order valence-electron chi connectivity index (χ0n) is 17.7. The molecule has 3 fully saturated rings. The van der Waals surface area contributed by atoms with Gasteiger partial charge in [-0.1, -0.05) is 32.1 Å². The van der Waals surface area contributed by atoms with Crippen LogP contribution in [0.25, 0.3) is 0 Å². The zero-order valence-corrected chi connectivity index (χ0v) is 17.7. The Morgan fingerprint density at radius 3 is 2.39 bits per heavy atom. The first-order valence-electron chi connectivity index (χ1n) is 11.4. The number of aliphatic imine (C=N–C) groups is 1. The maximum atomic E-state index is 4.90. The van der Waals surface area contributed by atoms with Gasteiger partial charge in [0.25, 0.3) is 0 Å². The van der Waals surface area contributed by atoms with Gasteiger partial charge >= 0.3 is 0 Å². The van der Waals surface area contributed by atoms with Gasteiger partial charge in [0, 0.05) is 38.3 Å². The number of rotatable bonds is 5. The molecule has 1 atom stereocenters. The average Bonchev–Trinajstić information content (AvgIpc) is 3.44. The molecule has 0 aromatic carbocycles. The molecule has 1 unspecified atom stereocenters. The Morgan fingerprint density at radius 1 is 0.964 bits per heavy atom. The predicted octanol–water partition coefficient (Wildman–Crippen LogP) is 2.51. The average molecular weight is 388 g/mol. The number of hydrogen-bond donors (Lipinski definition) is 2. The van der Waals surface area contributed by atoms with E-state index in [1.807, 2.05) is 18.5 Å². The van der Waals surface area contributed by atoms with E-state index in [1.165, 1.54) is 70.8 Å². The quantitative estimate of drug-likeness (QED) is 0.600. The first kappa shape index (κ1) is 19.7. The van der Waals surface area contributed by atoms with Gasteiger partial charge in [0.2, 0.25) is 0 Å². The number of nitrogens with zero attached hydrogens (tertiary/aromatic N) is 5. The van der Waals surface area contributed by atoms with Crippen LogP contribution in [-0.4, -0.2) is 56.8 Å². The number of guanidine groups is 1. The number of hydrogen-bond acceptors (Lipinski definition) is 4. The molecule has 28 heavy (non-hydrogen) atoms. The topological polar surface area (TPSA) is 70.4 Å². The molecule has 1 saturated heterocycles. The molecule has 1 aromatic rings. The van der Waals surface area contributed by atoms with Gasteiger partial charge in [0.15, 0.2) is 11.8 Å². The summed E-state index contributed by atoms with van der Waals surface area (Å²) in [5, 5.41) is 15.9. The molecule has 0 spiro atoms. The summed E-state index contributed by atoms with van der Waals surface area (Å²) in [6.45, 7) is 4.93. The lowest BCUT2D eigenvalue weighted by Crippen LogP contribution is -2.49. The SMILES string of the molecule is Cc1nnc(CN=C(NC2CCCCC2)NC2CCN(C3CCCC3)C2)n1C. The second-order valence-electron chi connectivity index (χ2n) is 8.93. The minimum absolute atomic E-state index is 0.497. The maximum absolute atomic E-state index is 4.90. The van der Waals surface area contributed by atoms with Crippen molar-refractivity contribution in [1.29, 1.82) is 0 Å². The van der Waals surface area contributed by atoms with Gasteiger partial charge < -0.3 is 15.2 Å². The van der Waals surface area contributed by atoms with Crippen molar-refractivity contribution in [2.75, 3.05) is 13.1 Å². The van der Waals surface area contributed by atoms with E-state index in [0.29, 0.717) is 18.6 Å². The largest absolute Gasteiger partial charge is 0.354 e. The second kappa shape index (κ2) is 9.25. The molecule has 2 heterocycles. The van der Waals surface area contributed by atoms with E-state index in [-0.39, 0.29) is 0 Å². The lowest BCUT2D eigenvalue weighted by atomic mass is 9.96. The van der Waals surface area contributed by atoms with Crippen molar-refractivity contribution in [3.63, 3.8) is 0 Å². The third-order valence-electron chi connectivity index (χ3n) is 6.91. The van der Waals surface area contributed by atoms with Crippen LogP contribution in [0.2, 0.25) is 0 Å². The lowest BCUT2D eigenvalue weighted by molar-refractivity contribution is 0.242. The Hall–Kier alpha value is -1.63. The summed E-state index contributed by atoms with van der Waals surface area (Å²) < 4.78 is 2.03. The molecule has 7 nitrogen and oxygen atoms in total. The molecule has 0 radical (unpaired) electrons. The molecule has 2 N–H and O–H groups in total. The van der Waals surface area contributed by atoms with Crippen LogP contribution < -0.4 is 10.6 Å². The number of likely N-dealkylation sites (tertiary alicyclic amines) is 1. The van der Waals surface area contributed by atoms with Gasteiger partial charge in [-0.05, 0) is 39.0 Å². The number of aryl methyl sites for hydroxylation is 1. The minimum atomic E-state index is 0.497. The van der Waals surface area contributed by atoms with Crippen LogP contribution in [0.1, 0.15) is 75.9 Å². The molecule has 2 saturated carbocycles. The Kier molecular flexibility index (Phi) is 6.50. The second-order valence-corrected chi connectivity index (χ2v) is 8.93. The maximum Gasteiger partial charge on any atom is 0.192 e. The molecule has 3 aliphatic rings. The highest BCUT2D eigenvalue weighted by Crippen LogP contribution is 2.26. The predicted molar refractivity (Wildman–Crippen MR) is 112 cm³/mol. The van der Waals surface area contributed by atoms with Crippen molar-refractivity contribution >= 4 is 5.96 Å². The Labute approximate surface area is 169 Å². The number of nitrogens with one attached hydrogen (secondary N) is 2. The van der Waals surface area contributed by atoms with Crippen LogP contribution in [0.3, 0.4) is 0 Å². The highest BCUT2D eigenvalue weighted by atomic mass is 15.3. The van der Waals surface area contributed by atoms with Crippen LogP contribution in [0.5, 0.6) is 0 Å². The zero-order chi connectivity index (χ0) is 19.3. The lowest BCUT2D eigenvalue weighted by Gasteiger charge is -2.27. The summed E-state index contributed by atoms with van der Waals surface area (Å²) in [6.07, 6.45) is 13.3.